The fraction of sp³-hybridized carbons (Fsp3) is 0.0556. The Morgan fingerprint density at radius 1 is 1.04 bits per heavy atom. The van der Waals surface area contributed by atoms with Gasteiger partial charge >= 0.3 is 0 Å². The second-order valence-electron chi connectivity index (χ2n) is 5.82. The molecule has 0 aliphatic carbocycles. The molecule has 0 bridgehead atoms. The number of aromatic amines is 1. The lowest BCUT2D eigenvalue weighted by Gasteiger charge is -2.11. The molecule has 27 heavy (non-hydrogen) atoms. The molecule has 2 aromatic heterocycles. The maximum Gasteiger partial charge on any atom is 0.229 e. The summed E-state index contributed by atoms with van der Waals surface area (Å²) in [5.74, 6) is 1.14. The first-order chi connectivity index (χ1) is 13.1. The quantitative estimate of drug-likeness (QED) is 0.349. The van der Waals surface area contributed by atoms with Crippen LogP contribution < -0.4 is 10.6 Å². The maximum absolute atomic E-state index is 6.05. The van der Waals surface area contributed by atoms with Crippen LogP contribution in [0.25, 0.3) is 10.9 Å². The highest BCUT2D eigenvalue weighted by Crippen LogP contribution is 2.25. The molecule has 0 spiro atoms. The first kappa shape index (κ1) is 18.0. The van der Waals surface area contributed by atoms with Crippen molar-refractivity contribution >= 4 is 67.5 Å². The molecule has 0 atom stereocenters. The van der Waals surface area contributed by atoms with Crippen LogP contribution in [0, 0.1) is 0 Å². The van der Waals surface area contributed by atoms with Crippen LogP contribution in [0.3, 0.4) is 0 Å². The van der Waals surface area contributed by atoms with Gasteiger partial charge in [-0.05, 0) is 57.9 Å². The summed E-state index contributed by atoms with van der Waals surface area (Å²) in [5.41, 5.74) is 2.80. The summed E-state index contributed by atoms with van der Waals surface area (Å²) in [6, 6.07) is 11.3. The molecule has 0 fully saturated rings. The van der Waals surface area contributed by atoms with Gasteiger partial charge in [-0.2, -0.15) is 10.1 Å². The second-order valence-corrected chi connectivity index (χ2v) is 7.55. The molecule has 4 rings (SSSR count). The Morgan fingerprint density at radius 3 is 2.67 bits per heavy atom. The third kappa shape index (κ3) is 4.32. The molecule has 0 radical (unpaired) electrons. The van der Waals surface area contributed by atoms with Crippen LogP contribution in [-0.4, -0.2) is 20.2 Å². The van der Waals surface area contributed by atoms with Crippen molar-refractivity contribution in [1.29, 1.82) is 0 Å². The first-order valence-electron chi connectivity index (χ1n) is 7.98. The molecule has 2 heterocycles. The van der Waals surface area contributed by atoms with Gasteiger partial charge < -0.3 is 10.6 Å². The number of rotatable bonds is 5. The van der Waals surface area contributed by atoms with Crippen LogP contribution in [0.15, 0.2) is 53.3 Å². The minimum Gasteiger partial charge on any atom is -0.365 e. The fourth-order valence-electron chi connectivity index (χ4n) is 2.60. The summed E-state index contributed by atoms with van der Waals surface area (Å²) in [6.07, 6.45) is 3.46. The van der Waals surface area contributed by atoms with Crippen molar-refractivity contribution in [1.82, 2.24) is 20.2 Å². The van der Waals surface area contributed by atoms with Crippen LogP contribution in [-0.2, 0) is 6.54 Å². The summed E-state index contributed by atoms with van der Waals surface area (Å²) >= 11 is 15.6. The van der Waals surface area contributed by atoms with Gasteiger partial charge in [0.15, 0.2) is 0 Å². The van der Waals surface area contributed by atoms with Gasteiger partial charge in [0.1, 0.15) is 5.82 Å². The van der Waals surface area contributed by atoms with Crippen molar-refractivity contribution in [3.05, 3.63) is 68.9 Å². The number of hydrogen-bond donors (Lipinski definition) is 3. The van der Waals surface area contributed by atoms with Gasteiger partial charge in [-0.25, -0.2) is 4.98 Å². The van der Waals surface area contributed by atoms with Crippen LogP contribution in [0.4, 0.5) is 17.5 Å². The summed E-state index contributed by atoms with van der Waals surface area (Å²) < 4.78 is 0.756. The number of anilines is 3. The molecule has 0 aliphatic heterocycles. The molecule has 136 valence electrons. The Hall–Kier alpha value is -2.35. The molecule has 0 unspecified atom stereocenters. The zero-order valence-corrected chi connectivity index (χ0v) is 16.9. The Morgan fingerprint density at radius 2 is 1.85 bits per heavy atom. The van der Waals surface area contributed by atoms with E-state index in [2.05, 4.69) is 46.7 Å². The number of aromatic nitrogens is 4. The highest BCUT2D eigenvalue weighted by molar-refractivity contribution is 9.10. The van der Waals surface area contributed by atoms with Gasteiger partial charge in [-0.15, -0.1) is 0 Å². The monoisotopic (exact) mass is 462 g/mol. The largest absolute Gasteiger partial charge is 0.365 e. The molecule has 0 amide bonds. The van der Waals surface area contributed by atoms with E-state index in [9.17, 15) is 0 Å². The lowest BCUT2D eigenvalue weighted by Crippen LogP contribution is -2.05. The Balaban J connectivity index is 1.52. The van der Waals surface area contributed by atoms with Gasteiger partial charge in [0.2, 0.25) is 5.95 Å². The molecule has 0 saturated carbocycles. The van der Waals surface area contributed by atoms with Crippen LogP contribution in [0.1, 0.15) is 5.56 Å². The molecular formula is C18H13BrCl2N6. The third-order valence-electron chi connectivity index (χ3n) is 3.82. The van der Waals surface area contributed by atoms with E-state index in [-0.39, 0.29) is 0 Å². The number of halogens is 3. The predicted molar refractivity (Wildman–Crippen MR) is 113 cm³/mol. The predicted octanol–water partition coefficient (Wildman–Crippen LogP) is 5.78. The average molecular weight is 464 g/mol. The molecule has 3 N–H and O–H groups in total. The van der Waals surface area contributed by atoms with Gasteiger partial charge in [-0.1, -0.05) is 23.2 Å². The maximum atomic E-state index is 6.05. The van der Waals surface area contributed by atoms with Crippen molar-refractivity contribution in [3.8, 4) is 0 Å². The molecule has 0 aliphatic rings. The van der Waals surface area contributed by atoms with Crippen molar-refractivity contribution < 1.29 is 0 Å². The summed E-state index contributed by atoms with van der Waals surface area (Å²) in [7, 11) is 0. The number of nitrogens with one attached hydrogen (secondary N) is 3. The number of hydrogen-bond acceptors (Lipinski definition) is 5. The van der Waals surface area contributed by atoms with E-state index < -0.39 is 0 Å². The topological polar surface area (TPSA) is 78.5 Å². The van der Waals surface area contributed by atoms with Gasteiger partial charge in [-0.3, -0.25) is 5.10 Å². The van der Waals surface area contributed by atoms with E-state index in [4.69, 9.17) is 23.2 Å². The summed E-state index contributed by atoms with van der Waals surface area (Å²) in [4.78, 5) is 8.84. The minimum atomic E-state index is 0.479. The molecule has 9 heteroatoms. The Labute approximate surface area is 173 Å². The molecule has 4 aromatic rings. The Kier molecular flexibility index (Phi) is 5.15. The zero-order chi connectivity index (χ0) is 18.8. The fourth-order valence-corrected chi connectivity index (χ4v) is 3.50. The summed E-state index contributed by atoms with van der Waals surface area (Å²) in [6.45, 7) is 0.524. The smallest absolute Gasteiger partial charge is 0.229 e. The van der Waals surface area contributed by atoms with E-state index in [1.807, 2.05) is 30.3 Å². The minimum absolute atomic E-state index is 0.479. The SMILES string of the molecule is Clc1cc(Cl)cc(CNc2nc(Nc3ccc4[nH]ncc4c3)ncc2Br)c1. The van der Waals surface area contributed by atoms with E-state index in [0.717, 1.165) is 26.6 Å². The van der Waals surface area contributed by atoms with E-state index in [1.165, 1.54) is 0 Å². The van der Waals surface area contributed by atoms with Crippen LogP contribution in [0.5, 0.6) is 0 Å². The van der Waals surface area contributed by atoms with Crippen molar-refractivity contribution in [2.24, 2.45) is 0 Å². The first-order valence-corrected chi connectivity index (χ1v) is 9.53. The van der Waals surface area contributed by atoms with Gasteiger partial charge in [0.05, 0.1) is 16.2 Å². The van der Waals surface area contributed by atoms with E-state index in [1.54, 1.807) is 18.5 Å². The highest BCUT2D eigenvalue weighted by Gasteiger charge is 2.07. The number of benzene rings is 2. The van der Waals surface area contributed by atoms with Gasteiger partial charge in [0.25, 0.3) is 0 Å². The average Bonchev–Trinajstić information content (AvgIpc) is 3.09. The van der Waals surface area contributed by atoms with E-state index in [0.29, 0.717) is 28.4 Å². The Bertz CT molecular complexity index is 1090. The van der Waals surface area contributed by atoms with Crippen LogP contribution in [0.2, 0.25) is 10.0 Å². The number of nitrogens with zero attached hydrogens (tertiary/aromatic N) is 3. The summed E-state index contributed by atoms with van der Waals surface area (Å²) in [5, 5.41) is 15.6. The van der Waals surface area contributed by atoms with Crippen molar-refractivity contribution in [2.45, 2.75) is 6.54 Å². The van der Waals surface area contributed by atoms with E-state index >= 15 is 0 Å². The lowest BCUT2D eigenvalue weighted by molar-refractivity contribution is 1.07. The normalized spacial score (nSPS) is 10.9. The molecular weight excluding hydrogens is 451 g/mol. The van der Waals surface area contributed by atoms with Crippen LogP contribution >= 0.6 is 39.1 Å². The van der Waals surface area contributed by atoms with Crippen molar-refractivity contribution in [3.63, 3.8) is 0 Å². The van der Waals surface area contributed by atoms with Gasteiger partial charge in [0, 0.05) is 33.9 Å². The van der Waals surface area contributed by atoms with Crippen molar-refractivity contribution in [2.75, 3.05) is 10.6 Å². The number of H-pyrrole nitrogens is 1. The molecule has 6 nitrogen and oxygen atoms in total. The number of fused-ring (bicyclic) bond motifs is 1. The molecule has 2 aromatic carbocycles. The highest BCUT2D eigenvalue weighted by atomic mass is 79.9. The standard InChI is InChI=1S/C18H13BrCl2N6/c19-15-9-23-18(25-14-1-2-16-11(5-14)8-24-27-16)26-17(15)22-7-10-3-12(20)6-13(21)4-10/h1-6,8-9H,7H2,(H,24,27)(H2,22,23,25,26). The zero-order valence-electron chi connectivity index (χ0n) is 13.8. The molecule has 0 saturated heterocycles. The third-order valence-corrected chi connectivity index (χ3v) is 4.84. The second kappa shape index (κ2) is 7.72. The lowest BCUT2D eigenvalue weighted by atomic mass is 10.2.